The highest BCUT2D eigenvalue weighted by Gasteiger charge is 2.16. The summed E-state index contributed by atoms with van der Waals surface area (Å²) in [6, 6.07) is 10.4. The molecule has 23 heavy (non-hydrogen) atoms. The van der Waals surface area contributed by atoms with Gasteiger partial charge in [-0.15, -0.1) is 0 Å². The molecule has 0 unspecified atom stereocenters. The highest BCUT2D eigenvalue weighted by Crippen LogP contribution is 2.26. The summed E-state index contributed by atoms with van der Waals surface area (Å²) >= 11 is 0.264. The van der Waals surface area contributed by atoms with Crippen molar-refractivity contribution < 1.29 is 13.6 Å². The van der Waals surface area contributed by atoms with E-state index in [0.717, 1.165) is 12.1 Å². The molecule has 1 aromatic heterocycles. The Labute approximate surface area is 137 Å². The maximum Gasteiger partial charge on any atom is 0.290 e. The number of thioether (sulfide) groups is 1. The van der Waals surface area contributed by atoms with E-state index in [1.807, 2.05) is 37.2 Å². The molecule has 1 N–H and O–H groups in total. The zero-order valence-corrected chi connectivity index (χ0v) is 13.6. The molecule has 0 spiro atoms. The Kier molecular flexibility index (Phi) is 6.06. The van der Waals surface area contributed by atoms with Crippen molar-refractivity contribution in [3.63, 3.8) is 0 Å². The Bertz CT molecular complexity index is 680. The molecule has 2 rings (SSSR count). The minimum atomic E-state index is -2.63. The number of hydrogen-bond donors (Lipinski definition) is 1. The summed E-state index contributed by atoms with van der Waals surface area (Å²) in [6.07, 6.45) is 1.39. The van der Waals surface area contributed by atoms with Gasteiger partial charge in [0.2, 0.25) is 0 Å². The Morgan fingerprint density at radius 1 is 1.30 bits per heavy atom. The van der Waals surface area contributed by atoms with Gasteiger partial charge in [-0.05, 0) is 55.7 Å². The van der Waals surface area contributed by atoms with Gasteiger partial charge in [-0.2, -0.15) is 8.78 Å². The van der Waals surface area contributed by atoms with Crippen LogP contribution in [0, 0.1) is 0 Å². The monoisotopic (exact) mass is 337 g/mol. The average Bonchev–Trinajstić information content (AvgIpc) is 2.46. The zero-order chi connectivity index (χ0) is 16.8. The van der Waals surface area contributed by atoms with Crippen molar-refractivity contribution in [2.75, 3.05) is 19.4 Å². The van der Waals surface area contributed by atoms with Crippen molar-refractivity contribution in [3.05, 3.63) is 53.7 Å². The van der Waals surface area contributed by atoms with Crippen LogP contribution in [0.5, 0.6) is 0 Å². The highest BCUT2D eigenvalue weighted by atomic mass is 32.2. The van der Waals surface area contributed by atoms with Gasteiger partial charge in [0.1, 0.15) is 5.03 Å². The number of pyridine rings is 1. The predicted molar refractivity (Wildman–Crippen MR) is 87.9 cm³/mol. The molecule has 0 saturated carbocycles. The van der Waals surface area contributed by atoms with Gasteiger partial charge < -0.3 is 10.2 Å². The van der Waals surface area contributed by atoms with Crippen LogP contribution in [0.15, 0.2) is 47.6 Å². The number of nitrogens with zero attached hydrogens (tertiary/aromatic N) is 2. The summed E-state index contributed by atoms with van der Waals surface area (Å²) in [7, 11) is 3.91. The predicted octanol–water partition coefficient (Wildman–Crippen LogP) is 3.71. The lowest BCUT2D eigenvalue weighted by Gasteiger charge is -2.12. The van der Waals surface area contributed by atoms with Gasteiger partial charge in [0.15, 0.2) is 0 Å². The maximum atomic E-state index is 12.6. The molecule has 0 aliphatic heterocycles. The molecule has 2 aromatic rings. The second-order valence-electron chi connectivity index (χ2n) is 5.13. The normalized spacial score (nSPS) is 11.0. The summed E-state index contributed by atoms with van der Waals surface area (Å²) < 4.78 is 25.1. The molecule has 1 aromatic carbocycles. The Morgan fingerprint density at radius 3 is 2.78 bits per heavy atom. The van der Waals surface area contributed by atoms with E-state index in [0.29, 0.717) is 5.69 Å². The van der Waals surface area contributed by atoms with E-state index in [4.69, 9.17) is 0 Å². The summed E-state index contributed by atoms with van der Waals surface area (Å²) in [5, 5.41) is 2.75. The number of benzene rings is 1. The Balaban J connectivity index is 2.16. The third-order valence-corrected chi connectivity index (χ3v) is 3.63. The van der Waals surface area contributed by atoms with Gasteiger partial charge >= 0.3 is 0 Å². The van der Waals surface area contributed by atoms with Crippen LogP contribution in [0.2, 0.25) is 0 Å². The minimum absolute atomic E-state index is 0.0180. The van der Waals surface area contributed by atoms with Crippen LogP contribution in [-0.2, 0) is 6.54 Å². The number of carbonyl (C=O) groups is 1. The van der Waals surface area contributed by atoms with Gasteiger partial charge in [-0.1, -0.05) is 12.1 Å². The standard InChI is InChI=1S/C16H17F2N3OS/c1-21(2)10-11-5-3-6-12(9-11)20-14(22)13-7-4-8-19-15(13)23-16(17)18/h3-9,16H,10H2,1-2H3,(H,20,22). The van der Waals surface area contributed by atoms with Crippen molar-refractivity contribution in [1.82, 2.24) is 9.88 Å². The van der Waals surface area contributed by atoms with Crippen LogP contribution in [-0.4, -0.2) is 35.6 Å². The van der Waals surface area contributed by atoms with E-state index >= 15 is 0 Å². The largest absolute Gasteiger partial charge is 0.322 e. The molecule has 0 atom stereocenters. The molecule has 1 heterocycles. The number of halogens is 2. The Hall–Kier alpha value is -1.99. The molecule has 7 heteroatoms. The fourth-order valence-electron chi connectivity index (χ4n) is 2.05. The van der Waals surface area contributed by atoms with Crippen LogP contribution in [0.25, 0.3) is 0 Å². The number of alkyl halides is 2. The number of anilines is 1. The summed E-state index contributed by atoms with van der Waals surface area (Å²) in [5.41, 5.74) is 1.79. The number of carbonyl (C=O) groups excluding carboxylic acids is 1. The molecule has 1 amide bonds. The van der Waals surface area contributed by atoms with Crippen LogP contribution in [0.4, 0.5) is 14.5 Å². The van der Waals surface area contributed by atoms with Crippen molar-refractivity contribution in [2.45, 2.75) is 17.3 Å². The zero-order valence-electron chi connectivity index (χ0n) is 12.8. The molecule has 0 bridgehead atoms. The molecule has 4 nitrogen and oxygen atoms in total. The van der Waals surface area contributed by atoms with Crippen molar-refractivity contribution in [3.8, 4) is 0 Å². The van der Waals surface area contributed by atoms with E-state index < -0.39 is 11.7 Å². The molecule has 122 valence electrons. The first-order valence-electron chi connectivity index (χ1n) is 6.90. The Morgan fingerprint density at radius 2 is 2.09 bits per heavy atom. The van der Waals surface area contributed by atoms with Gasteiger partial charge in [0.05, 0.1) is 5.56 Å². The minimum Gasteiger partial charge on any atom is -0.322 e. The van der Waals surface area contributed by atoms with Crippen LogP contribution in [0.1, 0.15) is 15.9 Å². The summed E-state index contributed by atoms with van der Waals surface area (Å²) in [4.78, 5) is 18.2. The average molecular weight is 337 g/mol. The van der Waals surface area contributed by atoms with Crippen molar-refractivity contribution in [1.29, 1.82) is 0 Å². The van der Waals surface area contributed by atoms with Gasteiger partial charge in [0, 0.05) is 18.4 Å². The van der Waals surface area contributed by atoms with Crippen LogP contribution >= 0.6 is 11.8 Å². The fourth-order valence-corrected chi connectivity index (χ4v) is 2.63. The first-order valence-corrected chi connectivity index (χ1v) is 7.78. The molecule has 0 saturated heterocycles. The van der Waals surface area contributed by atoms with E-state index in [2.05, 4.69) is 10.3 Å². The number of aromatic nitrogens is 1. The lowest BCUT2D eigenvalue weighted by Crippen LogP contribution is -2.15. The lowest BCUT2D eigenvalue weighted by atomic mass is 10.2. The van der Waals surface area contributed by atoms with Crippen LogP contribution < -0.4 is 5.32 Å². The summed E-state index contributed by atoms with van der Waals surface area (Å²) in [6.45, 7) is 0.739. The molecule has 0 fully saturated rings. The first kappa shape index (κ1) is 17.4. The highest BCUT2D eigenvalue weighted by molar-refractivity contribution is 7.99. The van der Waals surface area contributed by atoms with Crippen molar-refractivity contribution in [2.24, 2.45) is 0 Å². The fraction of sp³-hybridized carbons (Fsp3) is 0.250. The molecule has 0 aliphatic carbocycles. The maximum absolute atomic E-state index is 12.6. The molecular weight excluding hydrogens is 320 g/mol. The van der Waals surface area contributed by atoms with Crippen LogP contribution in [0.3, 0.4) is 0 Å². The van der Waals surface area contributed by atoms with Gasteiger partial charge in [-0.3, -0.25) is 4.79 Å². The van der Waals surface area contributed by atoms with Gasteiger partial charge in [-0.25, -0.2) is 4.98 Å². The first-order chi connectivity index (χ1) is 11.0. The third kappa shape index (κ3) is 5.30. The summed E-state index contributed by atoms with van der Waals surface area (Å²) in [5.74, 6) is -3.08. The topological polar surface area (TPSA) is 45.2 Å². The van der Waals surface area contributed by atoms with E-state index in [-0.39, 0.29) is 22.4 Å². The smallest absolute Gasteiger partial charge is 0.290 e. The number of nitrogens with one attached hydrogen (secondary N) is 1. The second-order valence-corrected chi connectivity index (χ2v) is 6.11. The molecular formula is C16H17F2N3OS. The number of rotatable bonds is 6. The number of hydrogen-bond acceptors (Lipinski definition) is 4. The van der Waals surface area contributed by atoms with Crippen molar-refractivity contribution >= 4 is 23.4 Å². The van der Waals surface area contributed by atoms with E-state index in [1.165, 1.54) is 12.3 Å². The molecule has 0 aliphatic rings. The molecule has 0 radical (unpaired) electrons. The number of amides is 1. The second kappa shape index (κ2) is 8.03. The SMILES string of the molecule is CN(C)Cc1cccc(NC(=O)c2cccnc2SC(F)F)c1. The third-order valence-electron chi connectivity index (χ3n) is 2.90. The lowest BCUT2D eigenvalue weighted by molar-refractivity contribution is 0.102. The van der Waals surface area contributed by atoms with Gasteiger partial charge in [0.25, 0.3) is 11.7 Å². The van der Waals surface area contributed by atoms with E-state index in [1.54, 1.807) is 12.1 Å². The quantitative estimate of drug-likeness (QED) is 0.816. The van der Waals surface area contributed by atoms with E-state index in [9.17, 15) is 13.6 Å².